The molecule has 0 aliphatic rings. The SMILES string of the molecule is [CH]=CC#C/C=C/CCCCC(OCCCCCC)OCCCCCC. The smallest absolute Gasteiger partial charge is 0.157 e. The van der Waals surface area contributed by atoms with Gasteiger partial charge in [-0.05, 0) is 50.7 Å². The van der Waals surface area contributed by atoms with Crippen LogP contribution >= 0.6 is 0 Å². The van der Waals surface area contributed by atoms with Gasteiger partial charge in [-0.25, -0.2) is 0 Å². The molecule has 0 saturated carbocycles. The van der Waals surface area contributed by atoms with Crippen molar-refractivity contribution >= 4 is 0 Å². The monoisotopic (exact) mass is 347 g/mol. The van der Waals surface area contributed by atoms with Gasteiger partial charge in [-0.2, -0.15) is 0 Å². The highest BCUT2D eigenvalue weighted by molar-refractivity contribution is 5.21. The van der Waals surface area contributed by atoms with Crippen LogP contribution in [0.2, 0.25) is 0 Å². The Balaban J connectivity index is 3.89. The topological polar surface area (TPSA) is 18.5 Å². The van der Waals surface area contributed by atoms with E-state index in [4.69, 9.17) is 16.1 Å². The lowest BCUT2D eigenvalue weighted by Crippen LogP contribution is -2.19. The van der Waals surface area contributed by atoms with Gasteiger partial charge >= 0.3 is 0 Å². The van der Waals surface area contributed by atoms with Crippen LogP contribution in [-0.4, -0.2) is 19.5 Å². The third kappa shape index (κ3) is 19.1. The molecule has 0 aromatic rings. The molecule has 0 bridgehead atoms. The van der Waals surface area contributed by atoms with E-state index in [1.165, 1.54) is 44.6 Å². The Labute approximate surface area is 157 Å². The van der Waals surface area contributed by atoms with Crippen LogP contribution in [0, 0.1) is 18.4 Å². The van der Waals surface area contributed by atoms with E-state index in [1.54, 1.807) is 0 Å². The van der Waals surface area contributed by atoms with E-state index >= 15 is 0 Å². The molecule has 25 heavy (non-hydrogen) atoms. The van der Waals surface area contributed by atoms with Crippen molar-refractivity contribution in [3.8, 4) is 11.8 Å². The Morgan fingerprint density at radius 3 is 2.00 bits per heavy atom. The van der Waals surface area contributed by atoms with Gasteiger partial charge in [0.1, 0.15) is 0 Å². The summed E-state index contributed by atoms with van der Waals surface area (Å²) in [6.45, 7) is 11.3. The zero-order chi connectivity index (χ0) is 18.4. The molecule has 0 aliphatic heterocycles. The van der Waals surface area contributed by atoms with Crippen molar-refractivity contribution in [2.45, 2.75) is 97.2 Å². The average Bonchev–Trinajstić information content (AvgIpc) is 2.62. The van der Waals surface area contributed by atoms with Gasteiger partial charge in [-0.15, -0.1) is 0 Å². The molecule has 0 saturated heterocycles. The summed E-state index contributed by atoms with van der Waals surface area (Å²) in [4.78, 5) is 0. The van der Waals surface area contributed by atoms with Gasteiger partial charge in [0.25, 0.3) is 0 Å². The summed E-state index contributed by atoms with van der Waals surface area (Å²) in [6.07, 6.45) is 19.5. The van der Waals surface area contributed by atoms with Crippen molar-refractivity contribution in [2.24, 2.45) is 0 Å². The fraction of sp³-hybridized carbons (Fsp3) is 0.739. The second-order valence-electron chi connectivity index (χ2n) is 6.43. The van der Waals surface area contributed by atoms with Crippen LogP contribution in [-0.2, 0) is 9.47 Å². The van der Waals surface area contributed by atoms with Gasteiger partial charge in [-0.1, -0.05) is 76.9 Å². The molecule has 0 fully saturated rings. The standard InChI is InChI=1S/C23H39O2/c1-4-7-10-13-14-15-16-17-20-23(24-21-18-11-8-5-2)25-22-19-12-9-6-3/h1,4,13-14,23H,5-6,8-9,11-12,15-22H2,2-3H3/b4-1?,14-13+. The molecule has 0 atom stereocenters. The lowest BCUT2D eigenvalue weighted by Gasteiger charge is -2.18. The minimum Gasteiger partial charge on any atom is -0.353 e. The molecule has 0 unspecified atom stereocenters. The first-order chi connectivity index (χ1) is 12.3. The van der Waals surface area contributed by atoms with E-state index in [1.807, 2.05) is 6.08 Å². The van der Waals surface area contributed by atoms with Crippen LogP contribution in [0.5, 0.6) is 0 Å². The van der Waals surface area contributed by atoms with Crippen molar-refractivity contribution in [1.29, 1.82) is 0 Å². The molecule has 0 N–H and O–H groups in total. The molecular formula is C23H39O2. The maximum Gasteiger partial charge on any atom is 0.157 e. The highest BCUT2D eigenvalue weighted by Crippen LogP contribution is 2.12. The van der Waals surface area contributed by atoms with E-state index in [-0.39, 0.29) is 6.29 Å². The second kappa shape index (κ2) is 21.0. The van der Waals surface area contributed by atoms with Crippen molar-refractivity contribution in [2.75, 3.05) is 13.2 Å². The number of hydrogen-bond acceptors (Lipinski definition) is 2. The van der Waals surface area contributed by atoms with E-state index in [9.17, 15) is 0 Å². The predicted octanol–water partition coefficient (Wildman–Crippen LogP) is 6.62. The highest BCUT2D eigenvalue weighted by atomic mass is 16.7. The summed E-state index contributed by atoms with van der Waals surface area (Å²) >= 11 is 0. The number of unbranched alkanes of at least 4 members (excludes halogenated alkanes) is 8. The van der Waals surface area contributed by atoms with Crippen LogP contribution in [0.15, 0.2) is 18.2 Å². The molecule has 0 spiro atoms. The van der Waals surface area contributed by atoms with Crippen molar-refractivity contribution in [1.82, 2.24) is 0 Å². The Morgan fingerprint density at radius 1 is 0.800 bits per heavy atom. The third-order valence-electron chi connectivity index (χ3n) is 4.03. The van der Waals surface area contributed by atoms with Gasteiger partial charge in [0.2, 0.25) is 0 Å². The molecular weight excluding hydrogens is 308 g/mol. The van der Waals surface area contributed by atoms with Crippen LogP contribution in [0.25, 0.3) is 0 Å². The molecule has 0 aromatic carbocycles. The summed E-state index contributed by atoms with van der Waals surface area (Å²) < 4.78 is 11.9. The van der Waals surface area contributed by atoms with Gasteiger partial charge in [0.15, 0.2) is 6.29 Å². The fourth-order valence-electron chi connectivity index (χ4n) is 2.51. The third-order valence-corrected chi connectivity index (χ3v) is 4.03. The summed E-state index contributed by atoms with van der Waals surface area (Å²) in [5.74, 6) is 5.57. The maximum atomic E-state index is 5.97. The van der Waals surface area contributed by atoms with Crippen molar-refractivity contribution in [3.05, 3.63) is 24.8 Å². The lowest BCUT2D eigenvalue weighted by molar-refractivity contribution is -0.148. The summed E-state index contributed by atoms with van der Waals surface area (Å²) in [5, 5.41) is 0. The van der Waals surface area contributed by atoms with Gasteiger partial charge in [0, 0.05) is 13.2 Å². The molecule has 0 heterocycles. The van der Waals surface area contributed by atoms with Crippen molar-refractivity contribution in [3.63, 3.8) is 0 Å². The van der Waals surface area contributed by atoms with Gasteiger partial charge in [0.05, 0.1) is 0 Å². The lowest BCUT2D eigenvalue weighted by atomic mass is 10.1. The van der Waals surface area contributed by atoms with E-state index < -0.39 is 0 Å². The van der Waals surface area contributed by atoms with Crippen LogP contribution in [0.4, 0.5) is 0 Å². The van der Waals surface area contributed by atoms with Crippen LogP contribution in [0.1, 0.15) is 90.9 Å². The Bertz CT molecular complexity index is 348. The number of ether oxygens (including phenoxy) is 2. The molecule has 2 heteroatoms. The fourth-order valence-corrected chi connectivity index (χ4v) is 2.51. The minimum atomic E-state index is -0.0288. The Morgan fingerprint density at radius 2 is 1.44 bits per heavy atom. The molecule has 0 amide bonds. The maximum absolute atomic E-state index is 5.97. The highest BCUT2D eigenvalue weighted by Gasteiger charge is 2.09. The minimum absolute atomic E-state index is 0.0288. The number of hydrogen-bond donors (Lipinski definition) is 0. The first-order valence-electron chi connectivity index (χ1n) is 10.3. The number of rotatable bonds is 17. The Kier molecular flexibility index (Phi) is 20.1. The molecule has 0 rings (SSSR count). The predicted molar refractivity (Wildman–Crippen MR) is 108 cm³/mol. The first kappa shape index (κ1) is 24.0. The molecule has 2 nitrogen and oxygen atoms in total. The zero-order valence-corrected chi connectivity index (χ0v) is 16.6. The van der Waals surface area contributed by atoms with Crippen LogP contribution in [0.3, 0.4) is 0 Å². The first-order valence-corrected chi connectivity index (χ1v) is 10.3. The molecule has 1 radical (unpaired) electrons. The summed E-state index contributed by atoms with van der Waals surface area (Å²) in [7, 11) is 0. The second-order valence-corrected chi connectivity index (χ2v) is 6.43. The normalized spacial score (nSPS) is 11.0. The molecule has 0 aromatic heterocycles. The van der Waals surface area contributed by atoms with Gasteiger partial charge in [-0.3, -0.25) is 0 Å². The number of allylic oxidation sites excluding steroid dienone is 3. The van der Waals surface area contributed by atoms with Crippen molar-refractivity contribution < 1.29 is 9.47 Å². The Hall–Kier alpha value is -1.04. The van der Waals surface area contributed by atoms with Gasteiger partial charge < -0.3 is 9.47 Å². The summed E-state index contributed by atoms with van der Waals surface area (Å²) in [6, 6.07) is 0. The van der Waals surface area contributed by atoms with Crippen LogP contribution < -0.4 is 0 Å². The van der Waals surface area contributed by atoms with E-state index in [0.29, 0.717) is 0 Å². The van der Waals surface area contributed by atoms with E-state index in [0.717, 1.165) is 51.7 Å². The molecule has 0 aliphatic carbocycles. The largest absolute Gasteiger partial charge is 0.353 e. The van der Waals surface area contributed by atoms with E-state index in [2.05, 4.69) is 31.8 Å². The zero-order valence-electron chi connectivity index (χ0n) is 16.6. The molecule has 143 valence electrons. The quantitative estimate of drug-likeness (QED) is 0.167. The average molecular weight is 348 g/mol. The summed E-state index contributed by atoms with van der Waals surface area (Å²) in [5.41, 5.74) is 0.